The molecule has 18 nitrogen and oxygen atoms in total. The minimum absolute atomic E-state index is 0.267. The monoisotopic (exact) mass is 636 g/mol. The van der Waals surface area contributed by atoms with Crippen LogP contribution in [0.25, 0.3) is 0 Å². The zero-order chi connectivity index (χ0) is 34.3. The number of phenolic OH excluding ortho intramolecular Hbond substituents is 9. The third-order valence-electron chi connectivity index (χ3n) is 6.77. The van der Waals surface area contributed by atoms with Gasteiger partial charge in [-0.15, -0.1) is 0 Å². The lowest BCUT2D eigenvalue weighted by Crippen LogP contribution is -2.71. The summed E-state index contributed by atoms with van der Waals surface area (Å²) in [6.07, 6.45) is -9.60. The fourth-order valence-electron chi connectivity index (χ4n) is 4.21. The Hall–Kier alpha value is -5.66. The second-order valence-electron chi connectivity index (χ2n) is 9.63. The molecule has 18 heteroatoms. The Balaban J connectivity index is 2.25. The van der Waals surface area contributed by atoms with Crippen molar-refractivity contribution < 1.29 is 90.7 Å². The zero-order valence-corrected chi connectivity index (χ0v) is 22.2. The first-order chi connectivity index (χ1) is 20.7. The number of phenols is 9. The number of rotatable bonds is 11. The third-order valence-corrected chi connectivity index (χ3v) is 6.77. The smallest absolute Gasteiger partial charge is 0.232 e. The van der Waals surface area contributed by atoms with Gasteiger partial charge in [-0.2, -0.15) is 0 Å². The van der Waals surface area contributed by atoms with Crippen molar-refractivity contribution in [3.8, 4) is 51.7 Å². The zero-order valence-electron chi connectivity index (χ0n) is 22.2. The van der Waals surface area contributed by atoms with Gasteiger partial charge in [0.2, 0.25) is 28.6 Å². The van der Waals surface area contributed by atoms with E-state index in [4.69, 9.17) is 0 Å². The summed E-state index contributed by atoms with van der Waals surface area (Å²) in [7, 11) is 0. The van der Waals surface area contributed by atoms with Gasteiger partial charge in [0.1, 0.15) is 18.3 Å². The van der Waals surface area contributed by atoms with E-state index in [1.54, 1.807) is 0 Å². The van der Waals surface area contributed by atoms with Crippen LogP contribution in [0.5, 0.6) is 51.7 Å². The normalized spacial score (nSPS) is 16.0. The average Bonchev–Trinajstić information content (AvgIpc) is 3.00. The van der Waals surface area contributed by atoms with E-state index in [0.29, 0.717) is 24.3 Å². The largest absolute Gasteiger partial charge is 0.504 e. The molecule has 14 N–H and O–H groups in total. The van der Waals surface area contributed by atoms with Gasteiger partial charge in [0.15, 0.2) is 58.0 Å². The Morgan fingerprint density at radius 3 is 1.27 bits per heavy atom. The predicted molar refractivity (Wildman–Crippen MR) is 141 cm³/mol. The second kappa shape index (κ2) is 11.8. The minimum atomic E-state index is -4.59. The van der Waals surface area contributed by atoms with Crippen molar-refractivity contribution in [3.63, 3.8) is 0 Å². The molecule has 3 rings (SSSR count). The van der Waals surface area contributed by atoms with E-state index in [1.807, 2.05) is 0 Å². The average molecular weight is 636 g/mol. The van der Waals surface area contributed by atoms with Crippen LogP contribution in [0.1, 0.15) is 32.4 Å². The van der Waals surface area contributed by atoms with Crippen molar-refractivity contribution in [1.29, 1.82) is 0 Å². The molecule has 2 unspecified atom stereocenters. The van der Waals surface area contributed by atoms with Crippen molar-refractivity contribution in [2.24, 2.45) is 0 Å². The number of carbonyl (C=O) groups is 4. The van der Waals surface area contributed by atoms with Crippen LogP contribution < -0.4 is 0 Å². The van der Waals surface area contributed by atoms with E-state index in [1.165, 1.54) is 0 Å². The molecule has 5 atom stereocenters. The minimum Gasteiger partial charge on any atom is -0.504 e. The maximum atomic E-state index is 13.6. The van der Waals surface area contributed by atoms with Gasteiger partial charge >= 0.3 is 0 Å². The number of hydrogen-bond donors (Lipinski definition) is 14. The van der Waals surface area contributed by atoms with Crippen LogP contribution >= 0.6 is 0 Å². The molecule has 0 amide bonds. The van der Waals surface area contributed by atoms with Gasteiger partial charge < -0.3 is 71.5 Å². The summed E-state index contributed by atoms with van der Waals surface area (Å²) in [6, 6.07) is 2.21. The highest BCUT2D eigenvalue weighted by molar-refractivity contribution is 6.29. The number of benzene rings is 3. The van der Waals surface area contributed by atoms with Gasteiger partial charge in [-0.05, 0) is 42.0 Å². The summed E-state index contributed by atoms with van der Waals surface area (Å²) in [4.78, 5) is 52.9. The summed E-state index contributed by atoms with van der Waals surface area (Å²) >= 11 is 0. The molecule has 0 radical (unpaired) electrons. The molecule has 3 aromatic carbocycles. The van der Waals surface area contributed by atoms with Crippen molar-refractivity contribution in [3.05, 3.63) is 53.1 Å². The number of aliphatic hydroxyl groups is 5. The van der Waals surface area contributed by atoms with Gasteiger partial charge in [0.25, 0.3) is 0 Å². The topological polar surface area (TPSA) is 352 Å². The lowest BCUT2D eigenvalue weighted by atomic mass is 9.69. The van der Waals surface area contributed by atoms with E-state index in [2.05, 4.69) is 0 Å². The molecule has 0 aliphatic rings. The predicted octanol–water partition coefficient (Wildman–Crippen LogP) is -2.21. The molecule has 0 bridgehead atoms. The number of aliphatic hydroxyl groups excluding tert-OH is 3. The first-order valence-corrected chi connectivity index (χ1v) is 12.1. The molecule has 0 heterocycles. The van der Waals surface area contributed by atoms with Crippen LogP contribution in [0.3, 0.4) is 0 Å². The van der Waals surface area contributed by atoms with Gasteiger partial charge in [0.05, 0.1) is 0 Å². The van der Waals surface area contributed by atoms with Crippen LogP contribution in [0, 0.1) is 0 Å². The first-order valence-electron chi connectivity index (χ1n) is 12.1. The molecule has 3 aromatic rings. The van der Waals surface area contributed by atoms with E-state index >= 15 is 0 Å². The van der Waals surface area contributed by atoms with Crippen LogP contribution in [0.15, 0.2) is 36.4 Å². The summed E-state index contributed by atoms with van der Waals surface area (Å²) in [5.74, 6) is -17.7. The molecule has 0 fully saturated rings. The molecule has 0 spiro atoms. The van der Waals surface area contributed by atoms with Crippen LogP contribution in [0.4, 0.5) is 0 Å². The van der Waals surface area contributed by atoms with Crippen molar-refractivity contribution in [2.75, 3.05) is 0 Å². The summed E-state index contributed by atoms with van der Waals surface area (Å²) in [6.45, 7) is 0. The second-order valence-corrected chi connectivity index (χ2v) is 9.63. The fourth-order valence-corrected chi connectivity index (χ4v) is 4.21. The van der Waals surface area contributed by atoms with Crippen LogP contribution in [-0.4, -0.2) is 119 Å². The van der Waals surface area contributed by atoms with Crippen LogP contribution in [0.2, 0.25) is 0 Å². The number of aromatic hydroxyl groups is 9. The molecule has 0 aliphatic carbocycles. The molecular weight excluding hydrogens is 612 g/mol. The van der Waals surface area contributed by atoms with Gasteiger partial charge in [0, 0.05) is 11.1 Å². The van der Waals surface area contributed by atoms with E-state index in [0.717, 1.165) is 0 Å². The lowest BCUT2D eigenvalue weighted by Gasteiger charge is -2.38. The molecular formula is C27H24O18. The molecule has 0 saturated heterocycles. The van der Waals surface area contributed by atoms with E-state index in [9.17, 15) is 90.7 Å². The van der Waals surface area contributed by atoms with Crippen molar-refractivity contribution in [1.82, 2.24) is 0 Å². The third kappa shape index (κ3) is 5.46. The molecule has 0 saturated carbocycles. The standard InChI is InChI=1S/C27H24O18/c28-7-26(44,23(41)9-3-13(31)19(37)14(32)4-9)27(45,24(42)10-5-15(33)20(38)16(34)6-10)25(43)22(40)21(39)17(35)8-1-11(29)18(36)12(30)2-8/h1-7,17,21-22,29-40,44-45H/t17?,21?,22-,26-,27+/m1/s1. The number of hydrogen-bond acceptors (Lipinski definition) is 18. The number of carbonyl (C=O) groups excluding carboxylic acids is 4. The molecule has 45 heavy (non-hydrogen) atoms. The van der Waals surface area contributed by atoms with Crippen molar-refractivity contribution in [2.45, 2.75) is 29.5 Å². The first kappa shape index (κ1) is 33.8. The number of ketones is 3. The SMILES string of the molecule is O=C[C@@](O)(C(=O)c1cc(O)c(O)c(O)c1)[C@](O)(C(=O)c1cc(O)c(O)c(O)c1)C(=O)[C@H](O)C(O)C(O)c1cc(O)c(O)c(O)c1. The Bertz CT molecular complexity index is 1650. The number of Topliss-reactive ketones (excluding diaryl/α,β-unsaturated/α-hetero) is 3. The highest BCUT2D eigenvalue weighted by atomic mass is 16.4. The van der Waals surface area contributed by atoms with Gasteiger partial charge in [-0.3, -0.25) is 19.2 Å². The highest BCUT2D eigenvalue weighted by Crippen LogP contribution is 2.42. The maximum absolute atomic E-state index is 13.6. The Morgan fingerprint density at radius 1 is 0.578 bits per heavy atom. The highest BCUT2D eigenvalue weighted by Gasteiger charge is 2.66. The molecule has 0 aromatic heterocycles. The van der Waals surface area contributed by atoms with Crippen LogP contribution in [-0.2, 0) is 9.59 Å². The quantitative estimate of drug-likeness (QED) is 0.0459. The van der Waals surface area contributed by atoms with Gasteiger partial charge in [-0.25, -0.2) is 0 Å². The summed E-state index contributed by atoms with van der Waals surface area (Å²) in [5.41, 5.74) is -12.1. The van der Waals surface area contributed by atoms with Gasteiger partial charge in [-0.1, -0.05) is 0 Å². The Morgan fingerprint density at radius 2 is 0.911 bits per heavy atom. The molecule has 240 valence electrons. The summed E-state index contributed by atoms with van der Waals surface area (Å²) < 4.78 is 0. The molecule has 0 aliphatic heterocycles. The fraction of sp³-hybridized carbons (Fsp3) is 0.185. The number of aldehydes is 1. The lowest BCUT2D eigenvalue weighted by molar-refractivity contribution is -0.171. The maximum Gasteiger partial charge on any atom is 0.232 e. The van der Waals surface area contributed by atoms with Crippen molar-refractivity contribution >= 4 is 23.6 Å². The Kier molecular flexibility index (Phi) is 8.86. The van der Waals surface area contributed by atoms with E-state index in [-0.39, 0.29) is 12.1 Å². The van der Waals surface area contributed by atoms with E-state index < -0.39 is 122 Å². The Labute approximate surface area is 249 Å². The summed E-state index contributed by atoms with van der Waals surface area (Å²) in [5, 5.41) is 142.